The third-order valence-corrected chi connectivity index (χ3v) is 3.55. The SMILES string of the molecule is C=CCc1ccccc1OCC(=O)Nc1ccccc1C(C)C. The van der Waals surface area contributed by atoms with Crippen LogP contribution in [0.2, 0.25) is 0 Å². The topological polar surface area (TPSA) is 38.3 Å². The van der Waals surface area contributed by atoms with Crippen LogP contribution in [0.25, 0.3) is 0 Å². The number of para-hydroxylation sites is 2. The largest absolute Gasteiger partial charge is 0.483 e. The van der Waals surface area contributed by atoms with E-state index in [1.165, 1.54) is 0 Å². The van der Waals surface area contributed by atoms with Crippen molar-refractivity contribution in [3.8, 4) is 5.75 Å². The Morgan fingerprint density at radius 3 is 2.61 bits per heavy atom. The zero-order valence-electron chi connectivity index (χ0n) is 13.7. The minimum absolute atomic E-state index is 0.0133. The molecule has 1 N–H and O–H groups in total. The number of carbonyl (C=O) groups excluding carboxylic acids is 1. The third kappa shape index (κ3) is 4.71. The molecule has 1 amide bonds. The van der Waals surface area contributed by atoms with Gasteiger partial charge in [0.15, 0.2) is 6.61 Å². The average Bonchev–Trinajstić information content (AvgIpc) is 2.54. The fourth-order valence-electron chi connectivity index (χ4n) is 2.41. The van der Waals surface area contributed by atoms with Gasteiger partial charge in [-0.05, 0) is 35.6 Å². The van der Waals surface area contributed by atoms with E-state index in [9.17, 15) is 4.79 Å². The highest BCUT2D eigenvalue weighted by Crippen LogP contribution is 2.24. The lowest BCUT2D eigenvalue weighted by Crippen LogP contribution is -2.21. The number of hydrogen-bond donors (Lipinski definition) is 1. The van der Waals surface area contributed by atoms with Crippen molar-refractivity contribution < 1.29 is 9.53 Å². The Labute approximate surface area is 138 Å². The molecule has 0 aromatic heterocycles. The van der Waals surface area contributed by atoms with E-state index in [4.69, 9.17) is 4.74 Å². The zero-order valence-corrected chi connectivity index (χ0v) is 13.7. The molecule has 0 atom stereocenters. The first kappa shape index (κ1) is 16.8. The van der Waals surface area contributed by atoms with Crippen molar-refractivity contribution in [2.75, 3.05) is 11.9 Å². The van der Waals surface area contributed by atoms with Crippen molar-refractivity contribution in [2.24, 2.45) is 0 Å². The summed E-state index contributed by atoms with van der Waals surface area (Å²) in [6.07, 6.45) is 2.54. The number of hydrogen-bond acceptors (Lipinski definition) is 2. The molecule has 0 aliphatic heterocycles. The van der Waals surface area contributed by atoms with Gasteiger partial charge in [-0.2, -0.15) is 0 Å². The Morgan fingerprint density at radius 2 is 1.87 bits per heavy atom. The van der Waals surface area contributed by atoms with Gasteiger partial charge < -0.3 is 10.1 Å². The summed E-state index contributed by atoms with van der Waals surface area (Å²) in [6.45, 7) is 7.93. The van der Waals surface area contributed by atoms with Crippen LogP contribution >= 0.6 is 0 Å². The van der Waals surface area contributed by atoms with E-state index in [1.807, 2.05) is 54.6 Å². The van der Waals surface area contributed by atoms with Crippen LogP contribution in [0, 0.1) is 0 Å². The van der Waals surface area contributed by atoms with Crippen LogP contribution in [0.4, 0.5) is 5.69 Å². The van der Waals surface area contributed by atoms with Crippen molar-refractivity contribution in [3.63, 3.8) is 0 Å². The molecule has 0 heterocycles. The summed E-state index contributed by atoms with van der Waals surface area (Å²) in [5, 5.41) is 2.93. The summed E-state index contributed by atoms with van der Waals surface area (Å²) in [5.74, 6) is 0.909. The minimum atomic E-state index is -0.161. The van der Waals surface area contributed by atoms with Gasteiger partial charge in [0.25, 0.3) is 5.91 Å². The molecule has 0 aliphatic rings. The molecule has 0 saturated heterocycles. The van der Waals surface area contributed by atoms with Gasteiger partial charge in [-0.1, -0.05) is 56.3 Å². The first-order chi connectivity index (χ1) is 11.1. The average molecular weight is 309 g/mol. The number of amides is 1. The van der Waals surface area contributed by atoms with E-state index in [0.29, 0.717) is 12.3 Å². The Kier molecular flexibility index (Phi) is 5.98. The zero-order chi connectivity index (χ0) is 16.7. The highest BCUT2D eigenvalue weighted by atomic mass is 16.5. The highest BCUT2D eigenvalue weighted by molar-refractivity contribution is 5.92. The number of nitrogens with one attached hydrogen (secondary N) is 1. The predicted octanol–water partition coefficient (Wildman–Crippen LogP) is 4.56. The molecule has 3 heteroatoms. The molecule has 0 radical (unpaired) electrons. The predicted molar refractivity (Wildman–Crippen MR) is 95.0 cm³/mol. The number of carbonyl (C=O) groups is 1. The smallest absolute Gasteiger partial charge is 0.262 e. The van der Waals surface area contributed by atoms with E-state index < -0.39 is 0 Å². The number of rotatable bonds is 7. The third-order valence-electron chi connectivity index (χ3n) is 3.55. The molecule has 0 unspecified atom stereocenters. The van der Waals surface area contributed by atoms with Gasteiger partial charge in [-0.25, -0.2) is 0 Å². The van der Waals surface area contributed by atoms with E-state index in [-0.39, 0.29) is 12.5 Å². The lowest BCUT2D eigenvalue weighted by Gasteiger charge is -2.14. The van der Waals surface area contributed by atoms with Gasteiger partial charge in [0.1, 0.15) is 5.75 Å². The highest BCUT2D eigenvalue weighted by Gasteiger charge is 2.10. The maximum Gasteiger partial charge on any atom is 0.262 e. The van der Waals surface area contributed by atoms with Crippen LogP contribution in [-0.2, 0) is 11.2 Å². The summed E-state index contributed by atoms with van der Waals surface area (Å²) in [6, 6.07) is 15.5. The fourth-order valence-corrected chi connectivity index (χ4v) is 2.41. The molecule has 23 heavy (non-hydrogen) atoms. The molecule has 0 aliphatic carbocycles. The van der Waals surface area contributed by atoms with Crippen LogP contribution in [0.3, 0.4) is 0 Å². The molecule has 2 rings (SSSR count). The second kappa shape index (κ2) is 8.18. The van der Waals surface area contributed by atoms with Crippen LogP contribution in [0.5, 0.6) is 5.75 Å². The molecular weight excluding hydrogens is 286 g/mol. The van der Waals surface area contributed by atoms with Crippen molar-refractivity contribution in [3.05, 3.63) is 72.3 Å². The Hall–Kier alpha value is -2.55. The van der Waals surface area contributed by atoms with E-state index in [0.717, 1.165) is 22.6 Å². The van der Waals surface area contributed by atoms with Crippen molar-refractivity contribution in [1.82, 2.24) is 0 Å². The van der Waals surface area contributed by atoms with Crippen LogP contribution in [-0.4, -0.2) is 12.5 Å². The van der Waals surface area contributed by atoms with Crippen LogP contribution < -0.4 is 10.1 Å². The monoisotopic (exact) mass is 309 g/mol. The molecule has 0 fully saturated rings. The van der Waals surface area contributed by atoms with Crippen molar-refractivity contribution in [1.29, 1.82) is 0 Å². The Bertz CT molecular complexity index is 677. The maximum absolute atomic E-state index is 12.2. The molecule has 3 nitrogen and oxygen atoms in total. The van der Waals surface area contributed by atoms with Gasteiger partial charge in [-0.15, -0.1) is 6.58 Å². The number of ether oxygens (including phenoxy) is 1. The summed E-state index contributed by atoms with van der Waals surface area (Å²) < 4.78 is 5.66. The van der Waals surface area contributed by atoms with Gasteiger partial charge in [0, 0.05) is 5.69 Å². The molecular formula is C20H23NO2. The Balaban J connectivity index is 2.00. The molecule has 2 aromatic carbocycles. The summed E-state index contributed by atoms with van der Waals surface area (Å²) >= 11 is 0. The molecule has 0 saturated carbocycles. The van der Waals surface area contributed by atoms with Crippen molar-refractivity contribution in [2.45, 2.75) is 26.2 Å². The van der Waals surface area contributed by atoms with Crippen molar-refractivity contribution >= 4 is 11.6 Å². The molecule has 0 spiro atoms. The quantitative estimate of drug-likeness (QED) is 0.762. The fraction of sp³-hybridized carbons (Fsp3) is 0.250. The first-order valence-corrected chi connectivity index (χ1v) is 7.82. The lowest BCUT2D eigenvalue weighted by atomic mass is 10.0. The van der Waals surface area contributed by atoms with Gasteiger partial charge in [-0.3, -0.25) is 4.79 Å². The molecule has 120 valence electrons. The van der Waals surface area contributed by atoms with E-state index >= 15 is 0 Å². The second-order valence-electron chi connectivity index (χ2n) is 5.68. The van der Waals surface area contributed by atoms with Gasteiger partial charge >= 0.3 is 0 Å². The number of allylic oxidation sites excluding steroid dienone is 1. The minimum Gasteiger partial charge on any atom is -0.483 e. The first-order valence-electron chi connectivity index (χ1n) is 7.82. The second-order valence-corrected chi connectivity index (χ2v) is 5.68. The lowest BCUT2D eigenvalue weighted by molar-refractivity contribution is -0.118. The van der Waals surface area contributed by atoms with E-state index in [1.54, 1.807) is 0 Å². The molecule has 2 aromatic rings. The van der Waals surface area contributed by atoms with E-state index in [2.05, 4.69) is 25.7 Å². The van der Waals surface area contributed by atoms with Gasteiger partial charge in [0.05, 0.1) is 0 Å². The maximum atomic E-state index is 12.2. The summed E-state index contributed by atoms with van der Waals surface area (Å²) in [5.41, 5.74) is 2.99. The summed E-state index contributed by atoms with van der Waals surface area (Å²) in [7, 11) is 0. The van der Waals surface area contributed by atoms with Crippen LogP contribution in [0.1, 0.15) is 30.9 Å². The molecule has 0 bridgehead atoms. The Morgan fingerprint density at radius 1 is 1.17 bits per heavy atom. The normalized spacial score (nSPS) is 10.4. The summed E-state index contributed by atoms with van der Waals surface area (Å²) in [4.78, 5) is 12.2. The van der Waals surface area contributed by atoms with Gasteiger partial charge in [0.2, 0.25) is 0 Å². The standard InChI is InChI=1S/C20H23NO2/c1-4-9-16-10-5-8-13-19(16)23-14-20(22)21-18-12-7-6-11-17(18)15(2)3/h4-8,10-13,15H,1,9,14H2,2-3H3,(H,21,22). The number of benzene rings is 2. The van der Waals surface area contributed by atoms with Crippen LogP contribution in [0.15, 0.2) is 61.2 Å². The number of anilines is 1.